The molecule has 0 amide bonds. The average Bonchev–Trinajstić information content (AvgIpc) is 2.05. The molecule has 1 rings (SSSR count). The van der Waals surface area contributed by atoms with E-state index >= 15 is 0 Å². The minimum atomic E-state index is -0.182. The van der Waals surface area contributed by atoms with E-state index in [1.54, 1.807) is 0 Å². The third-order valence-corrected chi connectivity index (χ3v) is 1.64. The number of morpholine rings is 1. The highest BCUT2D eigenvalue weighted by Gasteiger charge is 2.19. The van der Waals surface area contributed by atoms with Crippen molar-refractivity contribution in [1.29, 1.82) is 0 Å². The summed E-state index contributed by atoms with van der Waals surface area (Å²) in [5.74, 6) is 0.201. The van der Waals surface area contributed by atoms with Crippen molar-refractivity contribution in [3.8, 4) is 0 Å². The van der Waals surface area contributed by atoms with Gasteiger partial charge in [-0.2, -0.15) is 0 Å². The van der Waals surface area contributed by atoms with Crippen molar-refractivity contribution < 1.29 is 9.53 Å². The zero-order chi connectivity index (χ0) is 7.40. The molecule has 0 aromatic carbocycles. The van der Waals surface area contributed by atoms with Crippen molar-refractivity contribution in [1.82, 2.24) is 5.32 Å². The van der Waals surface area contributed by atoms with Gasteiger partial charge in [0.2, 0.25) is 0 Å². The van der Waals surface area contributed by atoms with Crippen LogP contribution >= 0.6 is 0 Å². The first-order chi connectivity index (χ1) is 4.84. The molecule has 0 bridgehead atoms. The highest BCUT2D eigenvalue weighted by Crippen LogP contribution is 1.99. The number of ketones is 1. The Morgan fingerprint density at radius 1 is 1.80 bits per heavy atom. The normalized spacial score (nSPS) is 26.3. The smallest absolute Gasteiger partial charge is 0.162 e. The molecule has 1 aliphatic heterocycles. The van der Waals surface area contributed by atoms with E-state index in [0.29, 0.717) is 19.6 Å². The molecule has 10 heavy (non-hydrogen) atoms. The second kappa shape index (κ2) is 3.68. The zero-order valence-corrected chi connectivity index (χ0v) is 6.22. The molecule has 1 unspecified atom stereocenters. The van der Waals surface area contributed by atoms with Crippen LogP contribution in [0.2, 0.25) is 0 Å². The van der Waals surface area contributed by atoms with Gasteiger partial charge >= 0.3 is 0 Å². The molecule has 3 nitrogen and oxygen atoms in total. The summed E-state index contributed by atoms with van der Waals surface area (Å²) in [5, 5.41) is 3.10. The largest absolute Gasteiger partial charge is 0.368 e. The van der Waals surface area contributed by atoms with E-state index in [-0.39, 0.29) is 11.9 Å². The van der Waals surface area contributed by atoms with Crippen LogP contribution in [0, 0.1) is 0 Å². The van der Waals surface area contributed by atoms with Crippen molar-refractivity contribution in [2.75, 3.05) is 19.7 Å². The lowest BCUT2D eigenvalue weighted by atomic mass is 10.1. The van der Waals surface area contributed by atoms with Gasteiger partial charge in [-0.15, -0.1) is 0 Å². The minimum absolute atomic E-state index is 0.182. The lowest BCUT2D eigenvalue weighted by molar-refractivity contribution is -0.131. The fraction of sp³-hybridized carbons (Fsp3) is 0.857. The molecule has 0 aromatic heterocycles. The fourth-order valence-electron chi connectivity index (χ4n) is 1.000. The van der Waals surface area contributed by atoms with Gasteiger partial charge in [0, 0.05) is 19.5 Å². The summed E-state index contributed by atoms with van der Waals surface area (Å²) in [6.07, 6.45) is 0.394. The van der Waals surface area contributed by atoms with E-state index in [9.17, 15) is 4.79 Å². The van der Waals surface area contributed by atoms with Crippen molar-refractivity contribution in [3.63, 3.8) is 0 Å². The number of hydrogen-bond donors (Lipinski definition) is 1. The van der Waals surface area contributed by atoms with Crippen molar-refractivity contribution in [2.24, 2.45) is 0 Å². The van der Waals surface area contributed by atoms with E-state index in [1.165, 1.54) is 0 Å². The number of Topliss-reactive ketones (excluding diaryl/α,β-unsaturated/α-hetero) is 1. The highest BCUT2D eigenvalue weighted by molar-refractivity contribution is 5.83. The summed E-state index contributed by atoms with van der Waals surface area (Å²) < 4.78 is 5.22. The number of carbonyl (C=O) groups excluding carboxylic acids is 1. The van der Waals surface area contributed by atoms with Crippen LogP contribution in [0.15, 0.2) is 0 Å². The lowest BCUT2D eigenvalue weighted by Gasteiger charge is -2.21. The van der Waals surface area contributed by atoms with Crippen LogP contribution in [-0.4, -0.2) is 31.6 Å². The molecule has 1 atom stereocenters. The predicted molar refractivity (Wildman–Crippen MR) is 37.9 cm³/mol. The Balaban J connectivity index is 2.31. The first kappa shape index (κ1) is 7.69. The number of ether oxygens (including phenoxy) is 1. The van der Waals surface area contributed by atoms with Crippen LogP contribution in [-0.2, 0) is 9.53 Å². The molecule has 58 valence electrons. The predicted octanol–water partition coefficient (Wildman–Crippen LogP) is -0.0461. The zero-order valence-electron chi connectivity index (χ0n) is 6.22. The summed E-state index contributed by atoms with van der Waals surface area (Å²) >= 11 is 0. The SMILES string of the molecule is CCC(=O)C1CNCCO1. The number of rotatable bonds is 2. The van der Waals surface area contributed by atoms with Crippen molar-refractivity contribution >= 4 is 5.78 Å². The first-order valence-electron chi connectivity index (χ1n) is 3.69. The van der Waals surface area contributed by atoms with E-state index in [4.69, 9.17) is 4.74 Å². The van der Waals surface area contributed by atoms with Crippen LogP contribution in [0.3, 0.4) is 0 Å². The molecule has 0 aliphatic carbocycles. The molecule has 0 radical (unpaired) electrons. The van der Waals surface area contributed by atoms with Crippen LogP contribution < -0.4 is 5.32 Å². The minimum Gasteiger partial charge on any atom is -0.368 e. The number of nitrogens with one attached hydrogen (secondary N) is 1. The molecule has 0 spiro atoms. The Labute approximate surface area is 60.7 Å². The number of hydrogen-bond acceptors (Lipinski definition) is 3. The van der Waals surface area contributed by atoms with Gasteiger partial charge in [-0.05, 0) is 0 Å². The summed E-state index contributed by atoms with van der Waals surface area (Å²) in [7, 11) is 0. The van der Waals surface area contributed by atoms with E-state index in [2.05, 4.69) is 5.32 Å². The maximum absolute atomic E-state index is 11.0. The Bertz CT molecular complexity index is 119. The molecular weight excluding hydrogens is 130 g/mol. The van der Waals surface area contributed by atoms with Crippen molar-refractivity contribution in [3.05, 3.63) is 0 Å². The molecule has 3 heteroatoms. The molecular formula is C7H13NO2. The van der Waals surface area contributed by atoms with Crippen LogP contribution in [0.1, 0.15) is 13.3 Å². The van der Waals surface area contributed by atoms with Crippen LogP contribution in [0.5, 0.6) is 0 Å². The van der Waals surface area contributed by atoms with Gasteiger partial charge in [0.05, 0.1) is 6.61 Å². The van der Waals surface area contributed by atoms with Gasteiger partial charge in [0.25, 0.3) is 0 Å². The Hall–Kier alpha value is -0.410. The molecule has 1 aliphatic rings. The van der Waals surface area contributed by atoms with E-state index in [0.717, 1.165) is 6.54 Å². The van der Waals surface area contributed by atoms with E-state index in [1.807, 2.05) is 6.92 Å². The molecule has 1 saturated heterocycles. The Morgan fingerprint density at radius 3 is 3.10 bits per heavy atom. The van der Waals surface area contributed by atoms with Gasteiger partial charge in [0.15, 0.2) is 5.78 Å². The van der Waals surface area contributed by atoms with Gasteiger partial charge in [-0.3, -0.25) is 4.79 Å². The third-order valence-electron chi connectivity index (χ3n) is 1.64. The maximum atomic E-state index is 11.0. The summed E-state index contributed by atoms with van der Waals surface area (Å²) in [6.45, 7) is 4.08. The van der Waals surface area contributed by atoms with Gasteiger partial charge in [-0.25, -0.2) is 0 Å². The summed E-state index contributed by atoms with van der Waals surface area (Å²) in [6, 6.07) is 0. The maximum Gasteiger partial charge on any atom is 0.162 e. The van der Waals surface area contributed by atoms with Crippen LogP contribution in [0.4, 0.5) is 0 Å². The van der Waals surface area contributed by atoms with Gasteiger partial charge in [-0.1, -0.05) is 6.92 Å². The summed E-state index contributed by atoms with van der Waals surface area (Å²) in [4.78, 5) is 11.0. The molecule has 1 heterocycles. The standard InChI is InChI=1S/C7H13NO2/c1-2-6(9)7-5-8-3-4-10-7/h7-8H,2-5H2,1H3. The topological polar surface area (TPSA) is 38.3 Å². The number of carbonyl (C=O) groups is 1. The summed E-state index contributed by atoms with van der Waals surface area (Å²) in [5.41, 5.74) is 0. The second-order valence-corrected chi connectivity index (χ2v) is 2.38. The lowest BCUT2D eigenvalue weighted by Crippen LogP contribution is -2.42. The average molecular weight is 143 g/mol. The van der Waals surface area contributed by atoms with Gasteiger partial charge in [0.1, 0.15) is 6.10 Å². The fourth-order valence-corrected chi connectivity index (χ4v) is 1.000. The quantitative estimate of drug-likeness (QED) is 0.589. The third kappa shape index (κ3) is 1.78. The van der Waals surface area contributed by atoms with Gasteiger partial charge < -0.3 is 10.1 Å². The molecule has 1 N–H and O–H groups in total. The Morgan fingerprint density at radius 2 is 2.60 bits per heavy atom. The van der Waals surface area contributed by atoms with Crippen molar-refractivity contribution in [2.45, 2.75) is 19.4 Å². The highest BCUT2D eigenvalue weighted by atomic mass is 16.5. The second-order valence-electron chi connectivity index (χ2n) is 2.38. The van der Waals surface area contributed by atoms with E-state index < -0.39 is 0 Å². The first-order valence-corrected chi connectivity index (χ1v) is 3.69. The monoisotopic (exact) mass is 143 g/mol. The Kier molecular flexibility index (Phi) is 2.83. The molecule has 0 aromatic rings. The molecule has 0 saturated carbocycles. The molecule has 1 fully saturated rings. The van der Waals surface area contributed by atoms with Crippen LogP contribution in [0.25, 0.3) is 0 Å².